The lowest BCUT2D eigenvalue weighted by atomic mass is 10.0. The summed E-state index contributed by atoms with van der Waals surface area (Å²) in [5, 5.41) is 19.1. The number of nitrogens with zero attached hydrogens (tertiary/aromatic N) is 2. The van der Waals surface area contributed by atoms with Crippen molar-refractivity contribution in [1.82, 2.24) is 0 Å². The number of nitriles is 1. The smallest absolute Gasteiger partial charge is 0.0992 e. The number of anilines is 2. The summed E-state index contributed by atoms with van der Waals surface area (Å²) in [6, 6.07) is 15.8. The summed E-state index contributed by atoms with van der Waals surface area (Å²) in [4.78, 5) is 2.12. The fourth-order valence-electron chi connectivity index (χ4n) is 2.49. The molecule has 108 valence electrons. The van der Waals surface area contributed by atoms with Crippen molar-refractivity contribution in [3.8, 4) is 6.07 Å². The van der Waals surface area contributed by atoms with E-state index in [1.807, 2.05) is 24.3 Å². The fourth-order valence-corrected chi connectivity index (χ4v) is 2.49. The van der Waals surface area contributed by atoms with Crippen molar-refractivity contribution in [3.05, 3.63) is 59.2 Å². The average Bonchev–Trinajstić information content (AvgIpc) is 2.47. The maximum Gasteiger partial charge on any atom is 0.0992 e. The molecule has 1 atom stereocenters. The predicted octanol–water partition coefficient (Wildman–Crippen LogP) is 4.08. The van der Waals surface area contributed by atoms with Crippen LogP contribution in [0.25, 0.3) is 0 Å². The van der Waals surface area contributed by atoms with Crippen LogP contribution < -0.4 is 4.90 Å². The van der Waals surface area contributed by atoms with E-state index in [-0.39, 0.29) is 0 Å². The molecule has 0 unspecified atom stereocenters. The van der Waals surface area contributed by atoms with Gasteiger partial charge in [0.05, 0.1) is 17.7 Å². The molecule has 0 aliphatic heterocycles. The number of rotatable bonds is 4. The van der Waals surface area contributed by atoms with Crippen molar-refractivity contribution < 1.29 is 5.11 Å². The molecule has 21 heavy (non-hydrogen) atoms. The first-order valence-corrected chi connectivity index (χ1v) is 7.13. The highest BCUT2D eigenvalue weighted by molar-refractivity contribution is 5.69. The number of aliphatic hydroxyl groups excluding tert-OH is 1. The fraction of sp³-hybridized carbons (Fsp3) is 0.278. The molecule has 0 spiro atoms. The molecule has 3 heteroatoms. The molecular weight excluding hydrogens is 260 g/mol. The van der Waals surface area contributed by atoms with Crippen LogP contribution in [0.3, 0.4) is 0 Å². The second kappa shape index (κ2) is 6.43. The minimum Gasteiger partial charge on any atom is -0.389 e. The summed E-state index contributed by atoms with van der Waals surface area (Å²) in [5.41, 5.74) is 4.56. The highest BCUT2D eigenvalue weighted by Crippen LogP contribution is 2.33. The lowest BCUT2D eigenvalue weighted by Gasteiger charge is -2.27. The molecule has 0 bridgehead atoms. The molecule has 0 amide bonds. The van der Waals surface area contributed by atoms with E-state index in [9.17, 15) is 5.11 Å². The zero-order valence-electron chi connectivity index (χ0n) is 12.7. The van der Waals surface area contributed by atoms with E-state index in [1.165, 1.54) is 5.56 Å². The number of aliphatic hydroxyl groups is 1. The van der Waals surface area contributed by atoms with Crippen LogP contribution >= 0.6 is 0 Å². The Morgan fingerprint density at radius 2 is 2.00 bits per heavy atom. The van der Waals surface area contributed by atoms with Gasteiger partial charge in [-0.05, 0) is 50.6 Å². The molecule has 0 aliphatic carbocycles. The van der Waals surface area contributed by atoms with Crippen molar-refractivity contribution in [2.24, 2.45) is 0 Å². The van der Waals surface area contributed by atoms with Crippen molar-refractivity contribution in [2.75, 3.05) is 11.4 Å². The molecule has 0 radical (unpaired) electrons. The Morgan fingerprint density at radius 1 is 1.24 bits per heavy atom. The van der Waals surface area contributed by atoms with Gasteiger partial charge in [-0.25, -0.2) is 0 Å². The van der Waals surface area contributed by atoms with E-state index in [4.69, 9.17) is 5.26 Å². The standard InChI is InChI=1S/C18H20N2O/c1-4-20(16-7-5-6-13(2)10-16)18-11-15(12-19)8-9-17(18)14(3)21/h5-11,14,21H,4H2,1-3H3/t14-/m1/s1. The zero-order valence-corrected chi connectivity index (χ0v) is 12.7. The first-order valence-electron chi connectivity index (χ1n) is 7.13. The van der Waals surface area contributed by atoms with Crippen LogP contribution in [0, 0.1) is 18.3 Å². The van der Waals surface area contributed by atoms with E-state index in [0.29, 0.717) is 5.56 Å². The van der Waals surface area contributed by atoms with Crippen LogP contribution in [0.15, 0.2) is 42.5 Å². The first-order chi connectivity index (χ1) is 10.1. The highest BCUT2D eigenvalue weighted by atomic mass is 16.3. The molecule has 2 aromatic carbocycles. The van der Waals surface area contributed by atoms with Gasteiger partial charge in [0.15, 0.2) is 0 Å². The Hall–Kier alpha value is -2.31. The van der Waals surface area contributed by atoms with E-state index < -0.39 is 6.10 Å². The first kappa shape index (κ1) is 15.1. The normalized spacial score (nSPS) is 11.8. The van der Waals surface area contributed by atoms with Crippen LogP contribution in [0.1, 0.15) is 36.6 Å². The van der Waals surface area contributed by atoms with Gasteiger partial charge in [-0.15, -0.1) is 0 Å². The molecule has 1 N–H and O–H groups in total. The second-order valence-electron chi connectivity index (χ2n) is 5.14. The molecule has 0 heterocycles. The average molecular weight is 280 g/mol. The van der Waals surface area contributed by atoms with Crippen LogP contribution in [0.5, 0.6) is 0 Å². The minimum atomic E-state index is -0.577. The molecule has 0 fully saturated rings. The van der Waals surface area contributed by atoms with Gasteiger partial charge in [0.2, 0.25) is 0 Å². The van der Waals surface area contributed by atoms with Crippen LogP contribution in [0.4, 0.5) is 11.4 Å². The molecule has 0 aromatic heterocycles. The molecule has 0 aliphatic rings. The summed E-state index contributed by atoms with van der Waals surface area (Å²) in [7, 11) is 0. The molecule has 3 nitrogen and oxygen atoms in total. The third-order valence-electron chi connectivity index (χ3n) is 3.53. The molecule has 2 aromatic rings. The minimum absolute atomic E-state index is 0.577. The Bertz CT molecular complexity index is 671. The maximum absolute atomic E-state index is 10.0. The molecule has 0 saturated heterocycles. The lowest BCUT2D eigenvalue weighted by Crippen LogP contribution is -2.18. The monoisotopic (exact) mass is 280 g/mol. The van der Waals surface area contributed by atoms with Crippen molar-refractivity contribution >= 4 is 11.4 Å². The maximum atomic E-state index is 10.0. The summed E-state index contributed by atoms with van der Waals surface area (Å²) in [5.74, 6) is 0. The highest BCUT2D eigenvalue weighted by Gasteiger charge is 2.16. The van der Waals surface area contributed by atoms with Gasteiger partial charge in [-0.1, -0.05) is 18.2 Å². The van der Waals surface area contributed by atoms with Gasteiger partial charge in [-0.3, -0.25) is 0 Å². The van der Waals surface area contributed by atoms with Crippen molar-refractivity contribution in [2.45, 2.75) is 26.9 Å². The lowest BCUT2D eigenvalue weighted by molar-refractivity contribution is 0.200. The summed E-state index contributed by atoms with van der Waals surface area (Å²) < 4.78 is 0. The van der Waals surface area contributed by atoms with Gasteiger partial charge in [0.25, 0.3) is 0 Å². The van der Waals surface area contributed by atoms with Crippen LogP contribution in [-0.4, -0.2) is 11.7 Å². The van der Waals surface area contributed by atoms with E-state index >= 15 is 0 Å². The number of hydrogen-bond donors (Lipinski definition) is 1. The zero-order chi connectivity index (χ0) is 15.4. The Kier molecular flexibility index (Phi) is 4.62. The second-order valence-corrected chi connectivity index (χ2v) is 5.14. The van der Waals surface area contributed by atoms with Gasteiger partial charge < -0.3 is 10.0 Å². The number of aryl methyl sites for hydroxylation is 1. The van der Waals surface area contributed by atoms with E-state index in [1.54, 1.807) is 13.0 Å². The third-order valence-corrected chi connectivity index (χ3v) is 3.53. The third kappa shape index (κ3) is 3.24. The van der Waals surface area contributed by atoms with Crippen LogP contribution in [0.2, 0.25) is 0 Å². The Morgan fingerprint density at radius 3 is 2.57 bits per heavy atom. The predicted molar refractivity (Wildman–Crippen MR) is 85.6 cm³/mol. The topological polar surface area (TPSA) is 47.3 Å². The summed E-state index contributed by atoms with van der Waals surface area (Å²) >= 11 is 0. The van der Waals surface area contributed by atoms with Gasteiger partial charge in [0.1, 0.15) is 0 Å². The number of hydrogen-bond acceptors (Lipinski definition) is 3. The Labute approximate surface area is 126 Å². The SMILES string of the molecule is CCN(c1cccc(C)c1)c1cc(C#N)ccc1[C@@H](C)O. The van der Waals surface area contributed by atoms with E-state index in [0.717, 1.165) is 23.5 Å². The quantitative estimate of drug-likeness (QED) is 0.918. The Balaban J connectivity index is 2.58. The van der Waals surface area contributed by atoms with Crippen molar-refractivity contribution in [1.29, 1.82) is 5.26 Å². The van der Waals surface area contributed by atoms with Crippen LogP contribution in [-0.2, 0) is 0 Å². The molecule has 0 saturated carbocycles. The van der Waals surface area contributed by atoms with Gasteiger partial charge in [-0.2, -0.15) is 5.26 Å². The van der Waals surface area contributed by atoms with Crippen molar-refractivity contribution in [3.63, 3.8) is 0 Å². The summed E-state index contributed by atoms with van der Waals surface area (Å²) in [6.07, 6.45) is -0.577. The summed E-state index contributed by atoms with van der Waals surface area (Å²) in [6.45, 7) is 6.62. The molecular formula is C18H20N2O. The largest absolute Gasteiger partial charge is 0.389 e. The van der Waals surface area contributed by atoms with E-state index in [2.05, 4.69) is 36.9 Å². The number of benzene rings is 2. The van der Waals surface area contributed by atoms with Gasteiger partial charge in [0, 0.05) is 23.5 Å². The molecule has 2 rings (SSSR count). The van der Waals surface area contributed by atoms with Gasteiger partial charge >= 0.3 is 0 Å².